The number of amides is 1. The van der Waals surface area contributed by atoms with E-state index in [1.807, 2.05) is 4.90 Å². The van der Waals surface area contributed by atoms with Crippen molar-refractivity contribution in [1.29, 1.82) is 0 Å². The summed E-state index contributed by atoms with van der Waals surface area (Å²) in [5.74, 6) is 0.215. The van der Waals surface area contributed by atoms with Gasteiger partial charge in [-0.1, -0.05) is 29.5 Å². The number of aryl methyl sites for hydroxylation is 2. The molecule has 0 aliphatic carbocycles. The zero-order valence-electron chi connectivity index (χ0n) is 16.6. The molecule has 4 nitrogen and oxygen atoms in total. The van der Waals surface area contributed by atoms with E-state index in [0.717, 1.165) is 42.4 Å². The monoisotopic (exact) mass is 411 g/mol. The van der Waals surface area contributed by atoms with Gasteiger partial charge in [-0.15, -0.1) is 11.8 Å². The Bertz CT molecular complexity index is 989. The third-order valence-electron chi connectivity index (χ3n) is 5.49. The number of benzene rings is 2. The normalized spacial score (nSPS) is 14.7. The van der Waals surface area contributed by atoms with Crippen LogP contribution in [0.2, 0.25) is 0 Å². The first-order chi connectivity index (χ1) is 13.5. The molecule has 28 heavy (non-hydrogen) atoms. The molecule has 1 aliphatic rings. The first kappa shape index (κ1) is 19.3. The average molecular weight is 412 g/mol. The van der Waals surface area contributed by atoms with Crippen LogP contribution in [0.25, 0.3) is 10.2 Å². The number of aromatic nitrogens is 1. The van der Waals surface area contributed by atoms with Crippen LogP contribution in [-0.2, 0) is 11.2 Å². The molecule has 3 aromatic rings. The Morgan fingerprint density at radius 2 is 1.79 bits per heavy atom. The van der Waals surface area contributed by atoms with Gasteiger partial charge in [0, 0.05) is 31.1 Å². The van der Waals surface area contributed by atoms with Gasteiger partial charge < -0.3 is 9.80 Å². The van der Waals surface area contributed by atoms with Crippen molar-refractivity contribution >= 4 is 44.4 Å². The first-order valence-electron chi connectivity index (χ1n) is 9.57. The number of carbonyl (C=O) groups is 1. The fourth-order valence-corrected chi connectivity index (χ4v) is 5.01. The maximum Gasteiger partial charge on any atom is 0.227 e. The fraction of sp³-hybridized carbons (Fsp3) is 0.364. The summed E-state index contributed by atoms with van der Waals surface area (Å²) >= 11 is 3.47. The Hall–Kier alpha value is -2.05. The van der Waals surface area contributed by atoms with Crippen molar-refractivity contribution in [2.75, 3.05) is 37.3 Å². The molecule has 6 heteroatoms. The lowest BCUT2D eigenvalue weighted by atomic mass is 10.1. The van der Waals surface area contributed by atoms with E-state index >= 15 is 0 Å². The molecule has 1 saturated heterocycles. The molecule has 2 aromatic carbocycles. The second kappa shape index (κ2) is 8.13. The molecular weight excluding hydrogens is 386 g/mol. The number of thiazole rings is 1. The average Bonchev–Trinajstić information content (AvgIpc) is 3.16. The second-order valence-electron chi connectivity index (χ2n) is 7.24. The van der Waals surface area contributed by atoms with Crippen molar-refractivity contribution in [3.05, 3.63) is 53.1 Å². The summed E-state index contributed by atoms with van der Waals surface area (Å²) in [5, 5.41) is 1.07. The van der Waals surface area contributed by atoms with Crippen molar-refractivity contribution in [2.24, 2.45) is 0 Å². The minimum absolute atomic E-state index is 0.215. The number of thioether (sulfide) groups is 1. The summed E-state index contributed by atoms with van der Waals surface area (Å²) in [6, 6.07) is 12.6. The Balaban J connectivity index is 1.38. The fourth-order valence-electron chi connectivity index (χ4n) is 3.53. The van der Waals surface area contributed by atoms with E-state index in [-0.39, 0.29) is 5.91 Å². The molecule has 1 aromatic heterocycles. The van der Waals surface area contributed by atoms with E-state index in [1.54, 1.807) is 23.1 Å². The number of fused-ring (bicyclic) bond motifs is 1. The third kappa shape index (κ3) is 3.89. The van der Waals surface area contributed by atoms with Gasteiger partial charge in [0.15, 0.2) is 5.13 Å². The maximum absolute atomic E-state index is 12.7. The van der Waals surface area contributed by atoms with E-state index in [2.05, 4.69) is 61.4 Å². The number of carbonyl (C=O) groups excluding carboxylic acids is 1. The zero-order valence-corrected chi connectivity index (χ0v) is 18.2. The minimum Gasteiger partial charge on any atom is -0.345 e. The van der Waals surface area contributed by atoms with E-state index in [9.17, 15) is 4.79 Å². The van der Waals surface area contributed by atoms with Gasteiger partial charge in [0.25, 0.3) is 0 Å². The minimum atomic E-state index is 0.215. The Labute approximate surface area is 174 Å². The van der Waals surface area contributed by atoms with Crippen LogP contribution >= 0.6 is 23.1 Å². The van der Waals surface area contributed by atoms with Gasteiger partial charge in [0.2, 0.25) is 5.91 Å². The second-order valence-corrected chi connectivity index (χ2v) is 9.13. The van der Waals surface area contributed by atoms with Crippen LogP contribution in [0.4, 0.5) is 5.13 Å². The van der Waals surface area contributed by atoms with Crippen LogP contribution < -0.4 is 4.90 Å². The van der Waals surface area contributed by atoms with Gasteiger partial charge in [-0.25, -0.2) is 4.98 Å². The van der Waals surface area contributed by atoms with Crippen LogP contribution in [-0.4, -0.2) is 48.2 Å². The van der Waals surface area contributed by atoms with E-state index in [4.69, 9.17) is 4.98 Å². The van der Waals surface area contributed by atoms with E-state index < -0.39 is 0 Å². The number of anilines is 1. The molecule has 0 bridgehead atoms. The predicted molar refractivity (Wildman–Crippen MR) is 120 cm³/mol. The highest BCUT2D eigenvalue weighted by Crippen LogP contribution is 2.32. The van der Waals surface area contributed by atoms with Crippen LogP contribution in [0.1, 0.15) is 16.7 Å². The van der Waals surface area contributed by atoms with Gasteiger partial charge in [-0.05, 0) is 55.0 Å². The lowest BCUT2D eigenvalue weighted by Crippen LogP contribution is -2.49. The highest BCUT2D eigenvalue weighted by molar-refractivity contribution is 7.98. The number of hydrogen-bond donors (Lipinski definition) is 0. The predicted octanol–water partition coefficient (Wildman–Crippen LogP) is 4.53. The topological polar surface area (TPSA) is 36.4 Å². The summed E-state index contributed by atoms with van der Waals surface area (Å²) in [6.07, 6.45) is 2.54. The Morgan fingerprint density at radius 1 is 1.07 bits per heavy atom. The third-order valence-corrected chi connectivity index (χ3v) is 7.32. The molecular formula is C22H25N3OS2. The molecule has 0 radical (unpaired) electrons. The smallest absolute Gasteiger partial charge is 0.227 e. The summed E-state index contributed by atoms with van der Waals surface area (Å²) < 4.78 is 1.24. The maximum atomic E-state index is 12.7. The molecule has 0 N–H and O–H groups in total. The van der Waals surface area contributed by atoms with Crippen LogP contribution in [0.3, 0.4) is 0 Å². The van der Waals surface area contributed by atoms with Gasteiger partial charge in [0.1, 0.15) is 0 Å². The Kier molecular flexibility index (Phi) is 5.60. The number of hydrogen-bond acceptors (Lipinski definition) is 5. The van der Waals surface area contributed by atoms with Crippen molar-refractivity contribution in [2.45, 2.75) is 25.2 Å². The molecule has 4 rings (SSSR count). The van der Waals surface area contributed by atoms with Gasteiger partial charge >= 0.3 is 0 Å². The molecule has 146 valence electrons. The van der Waals surface area contributed by atoms with Gasteiger partial charge in [-0.3, -0.25) is 4.79 Å². The summed E-state index contributed by atoms with van der Waals surface area (Å²) in [7, 11) is 0. The van der Waals surface area contributed by atoms with Gasteiger partial charge in [-0.2, -0.15) is 0 Å². The zero-order chi connectivity index (χ0) is 19.7. The SMILES string of the molecule is CSc1ccc(CC(=O)N2CCN(c3nc4c(C)c(C)ccc4s3)CC2)cc1. The largest absolute Gasteiger partial charge is 0.345 e. The van der Waals surface area contributed by atoms with Crippen molar-refractivity contribution < 1.29 is 4.79 Å². The molecule has 2 heterocycles. The molecule has 0 spiro atoms. The lowest BCUT2D eigenvalue weighted by Gasteiger charge is -2.34. The summed E-state index contributed by atoms with van der Waals surface area (Å²) in [5.41, 5.74) is 4.75. The van der Waals surface area contributed by atoms with Crippen molar-refractivity contribution in [3.8, 4) is 0 Å². The molecule has 0 saturated carbocycles. The van der Waals surface area contributed by atoms with Crippen molar-refractivity contribution in [3.63, 3.8) is 0 Å². The number of nitrogens with zero attached hydrogens (tertiary/aromatic N) is 3. The highest BCUT2D eigenvalue weighted by Gasteiger charge is 2.23. The number of rotatable bonds is 4. The molecule has 1 fully saturated rings. The number of piperazine rings is 1. The standard InChI is InChI=1S/C22H25N3OS2/c1-15-4-9-19-21(16(15)2)23-22(28-19)25-12-10-24(11-13-25)20(26)14-17-5-7-18(27-3)8-6-17/h4-9H,10-14H2,1-3H3. The summed E-state index contributed by atoms with van der Waals surface area (Å²) in [6.45, 7) is 7.48. The quantitative estimate of drug-likeness (QED) is 0.591. The highest BCUT2D eigenvalue weighted by atomic mass is 32.2. The lowest BCUT2D eigenvalue weighted by molar-refractivity contribution is -0.130. The molecule has 0 unspecified atom stereocenters. The van der Waals surface area contributed by atoms with E-state index in [1.165, 1.54) is 20.7 Å². The Morgan fingerprint density at radius 3 is 2.46 bits per heavy atom. The molecule has 1 aliphatic heterocycles. The van der Waals surface area contributed by atoms with Gasteiger partial charge in [0.05, 0.1) is 16.6 Å². The van der Waals surface area contributed by atoms with Crippen LogP contribution in [0.5, 0.6) is 0 Å². The summed E-state index contributed by atoms with van der Waals surface area (Å²) in [4.78, 5) is 23.1. The first-order valence-corrected chi connectivity index (χ1v) is 11.6. The van der Waals surface area contributed by atoms with Crippen LogP contribution in [0, 0.1) is 13.8 Å². The molecule has 1 amide bonds. The van der Waals surface area contributed by atoms with E-state index in [0.29, 0.717) is 6.42 Å². The molecule has 0 atom stereocenters. The van der Waals surface area contributed by atoms with Crippen molar-refractivity contribution in [1.82, 2.24) is 9.88 Å². The van der Waals surface area contributed by atoms with Crippen LogP contribution in [0.15, 0.2) is 41.3 Å².